The second-order valence-corrected chi connectivity index (χ2v) is 16.0. The topological polar surface area (TPSA) is 163 Å². The Bertz CT molecular complexity index is 2500. The number of hydrogen-bond acceptors (Lipinski definition) is 10. The monoisotopic (exact) mass is 762 g/mol. The van der Waals surface area contributed by atoms with Gasteiger partial charge in [0.2, 0.25) is 5.91 Å². The SMILES string of the molecule is CC(C)Nc1cc(-n2ccc3cc(C#N)cnc32)ncc1-c1cn(C2CCC(CN3CCC(c4cccc5c(N6CCC(=O)NC6=O)cncc45)CC3)CC2)nn1. The molecule has 0 bridgehead atoms. The molecule has 1 aliphatic carbocycles. The van der Waals surface area contributed by atoms with E-state index in [1.807, 2.05) is 41.4 Å². The van der Waals surface area contributed by atoms with Gasteiger partial charge in [-0.05, 0) is 95.0 Å². The Morgan fingerprint density at radius 1 is 0.947 bits per heavy atom. The van der Waals surface area contributed by atoms with Gasteiger partial charge in [0.15, 0.2) is 0 Å². The van der Waals surface area contributed by atoms with Crippen LogP contribution in [0.25, 0.3) is 38.9 Å². The molecule has 290 valence electrons. The van der Waals surface area contributed by atoms with E-state index in [9.17, 15) is 14.9 Å². The minimum absolute atomic E-state index is 0.196. The fourth-order valence-electron chi connectivity index (χ4n) is 9.01. The standard InChI is InChI=1S/C43H46N12O2/c1-27(2)48-37-19-40(54-16-12-31-18-29(20-44)21-47-42(31)54)46-23-36(37)38-26-55(51-50-38)32-8-6-28(7-9-32)25-52-14-10-30(11-15-52)33-4-3-5-34-35(33)22-45-24-39(34)53-17-13-41(56)49-43(53)57/h3-5,12,16,18-19,21-24,26-28,30,32H,6-11,13-15,17,25H2,1-2H3,(H,46,48)(H,49,56,57). The lowest BCUT2D eigenvalue weighted by molar-refractivity contribution is -0.120. The highest BCUT2D eigenvalue weighted by atomic mass is 16.2. The number of benzene rings is 1. The van der Waals surface area contributed by atoms with E-state index >= 15 is 0 Å². The number of nitrogens with one attached hydrogen (secondary N) is 2. The van der Waals surface area contributed by atoms with E-state index in [4.69, 9.17) is 4.98 Å². The van der Waals surface area contributed by atoms with Crippen LogP contribution in [0.15, 0.2) is 73.6 Å². The minimum atomic E-state index is -0.383. The van der Waals surface area contributed by atoms with Gasteiger partial charge in [-0.3, -0.25) is 24.6 Å². The van der Waals surface area contributed by atoms with E-state index in [-0.39, 0.29) is 24.4 Å². The van der Waals surface area contributed by atoms with Crippen LogP contribution in [0.2, 0.25) is 0 Å². The van der Waals surface area contributed by atoms with Crippen LogP contribution in [0.3, 0.4) is 0 Å². The average Bonchev–Trinajstić information content (AvgIpc) is 3.89. The molecule has 3 fully saturated rings. The van der Waals surface area contributed by atoms with Crippen molar-refractivity contribution in [1.82, 2.24) is 44.7 Å². The molecule has 1 aromatic carbocycles. The van der Waals surface area contributed by atoms with Gasteiger partial charge in [-0.25, -0.2) is 19.4 Å². The molecule has 9 rings (SSSR count). The second-order valence-electron chi connectivity index (χ2n) is 16.0. The number of nitriles is 1. The van der Waals surface area contributed by atoms with Crippen molar-refractivity contribution in [2.24, 2.45) is 5.92 Å². The fraction of sp³-hybridized carbons (Fsp3) is 0.395. The van der Waals surface area contributed by atoms with Crippen molar-refractivity contribution in [2.75, 3.05) is 36.4 Å². The van der Waals surface area contributed by atoms with Crippen molar-refractivity contribution in [1.29, 1.82) is 5.26 Å². The van der Waals surface area contributed by atoms with E-state index < -0.39 is 0 Å². The van der Waals surface area contributed by atoms with Gasteiger partial charge in [0.1, 0.15) is 23.2 Å². The molecule has 2 N–H and O–H groups in total. The molecule has 6 aromatic rings. The fourth-order valence-corrected chi connectivity index (χ4v) is 9.01. The molecule has 0 radical (unpaired) electrons. The highest BCUT2D eigenvalue weighted by Crippen LogP contribution is 2.38. The molecule has 14 nitrogen and oxygen atoms in total. The summed E-state index contributed by atoms with van der Waals surface area (Å²) in [7, 11) is 0. The molecule has 1 saturated carbocycles. The summed E-state index contributed by atoms with van der Waals surface area (Å²) in [6, 6.07) is 14.5. The highest BCUT2D eigenvalue weighted by Gasteiger charge is 2.30. The predicted molar refractivity (Wildman–Crippen MR) is 218 cm³/mol. The van der Waals surface area contributed by atoms with Crippen LogP contribution < -0.4 is 15.5 Å². The van der Waals surface area contributed by atoms with Gasteiger partial charge in [0, 0.05) is 83.8 Å². The van der Waals surface area contributed by atoms with Gasteiger partial charge in [0.25, 0.3) is 0 Å². The maximum Gasteiger partial charge on any atom is 0.328 e. The van der Waals surface area contributed by atoms with Crippen LogP contribution in [0.1, 0.15) is 81.9 Å². The van der Waals surface area contributed by atoms with E-state index in [1.165, 1.54) is 18.4 Å². The minimum Gasteiger partial charge on any atom is -0.382 e. The maximum atomic E-state index is 12.6. The Hall–Kier alpha value is -6.20. The molecule has 57 heavy (non-hydrogen) atoms. The number of piperidine rings is 1. The number of likely N-dealkylation sites (tertiary alicyclic amines) is 1. The number of aromatic nitrogens is 7. The van der Waals surface area contributed by atoms with Crippen LogP contribution >= 0.6 is 0 Å². The van der Waals surface area contributed by atoms with E-state index in [2.05, 4.69) is 84.8 Å². The molecule has 0 spiro atoms. The summed E-state index contributed by atoms with van der Waals surface area (Å²) in [5.74, 6) is 1.59. The predicted octanol–water partition coefficient (Wildman–Crippen LogP) is 6.98. The molecule has 0 unspecified atom stereocenters. The van der Waals surface area contributed by atoms with Crippen molar-refractivity contribution in [3.8, 4) is 23.1 Å². The lowest BCUT2D eigenvalue weighted by Crippen LogP contribution is -2.49. The number of fused-ring (bicyclic) bond motifs is 2. The number of amides is 3. The first-order chi connectivity index (χ1) is 27.8. The first-order valence-electron chi connectivity index (χ1n) is 20.1. The number of nitrogens with zero attached hydrogens (tertiary/aromatic N) is 10. The number of hydrogen-bond donors (Lipinski definition) is 2. The zero-order chi connectivity index (χ0) is 39.0. The molecule has 7 heterocycles. The highest BCUT2D eigenvalue weighted by molar-refractivity contribution is 6.10. The maximum absolute atomic E-state index is 12.6. The number of anilines is 2. The summed E-state index contributed by atoms with van der Waals surface area (Å²) in [6.45, 7) is 7.84. The largest absolute Gasteiger partial charge is 0.382 e. The Morgan fingerprint density at radius 2 is 1.79 bits per heavy atom. The zero-order valence-corrected chi connectivity index (χ0v) is 32.3. The molecule has 2 aliphatic heterocycles. The van der Waals surface area contributed by atoms with Crippen molar-refractivity contribution >= 4 is 45.1 Å². The third kappa shape index (κ3) is 7.31. The third-order valence-corrected chi connectivity index (χ3v) is 11.9. The summed E-state index contributed by atoms with van der Waals surface area (Å²) in [5, 5.41) is 27.6. The van der Waals surface area contributed by atoms with Crippen molar-refractivity contribution in [3.63, 3.8) is 0 Å². The van der Waals surface area contributed by atoms with Gasteiger partial charge < -0.3 is 10.2 Å². The van der Waals surface area contributed by atoms with E-state index in [0.717, 1.165) is 95.6 Å². The molecule has 5 aromatic heterocycles. The van der Waals surface area contributed by atoms with Crippen LogP contribution in [-0.4, -0.2) is 83.6 Å². The Balaban J connectivity index is 0.817. The third-order valence-electron chi connectivity index (χ3n) is 11.9. The summed E-state index contributed by atoms with van der Waals surface area (Å²) < 4.78 is 3.99. The number of carbonyl (C=O) groups is 2. The van der Waals surface area contributed by atoms with Gasteiger partial charge in [-0.15, -0.1) is 5.10 Å². The van der Waals surface area contributed by atoms with E-state index in [1.54, 1.807) is 17.3 Å². The normalized spacial score (nSPS) is 19.6. The number of pyridine rings is 3. The molecular weight excluding hydrogens is 717 g/mol. The van der Waals surface area contributed by atoms with Crippen LogP contribution in [0.4, 0.5) is 16.2 Å². The van der Waals surface area contributed by atoms with Crippen LogP contribution in [0, 0.1) is 17.2 Å². The molecule has 14 heteroatoms. The number of carbonyl (C=O) groups excluding carboxylic acids is 2. The Labute approximate surface area is 330 Å². The van der Waals surface area contributed by atoms with Gasteiger partial charge in [0.05, 0.1) is 29.7 Å². The second kappa shape index (κ2) is 15.4. The lowest BCUT2D eigenvalue weighted by atomic mass is 9.83. The average molecular weight is 763 g/mol. The smallest absolute Gasteiger partial charge is 0.328 e. The summed E-state index contributed by atoms with van der Waals surface area (Å²) >= 11 is 0. The lowest BCUT2D eigenvalue weighted by Gasteiger charge is -2.37. The van der Waals surface area contributed by atoms with E-state index in [0.29, 0.717) is 30.0 Å². The van der Waals surface area contributed by atoms with Crippen molar-refractivity contribution < 1.29 is 9.59 Å². The Morgan fingerprint density at radius 3 is 2.58 bits per heavy atom. The number of rotatable bonds is 9. The quantitative estimate of drug-likeness (QED) is 0.157. The molecule has 0 atom stereocenters. The molecule has 2 saturated heterocycles. The molecular formula is C43H46N12O2. The van der Waals surface area contributed by atoms with Crippen molar-refractivity contribution in [3.05, 3.63) is 84.7 Å². The van der Waals surface area contributed by atoms with Gasteiger partial charge in [-0.2, -0.15) is 5.26 Å². The molecule has 3 aliphatic rings. The number of urea groups is 1. The van der Waals surface area contributed by atoms with Gasteiger partial charge in [-0.1, -0.05) is 23.4 Å². The first-order valence-corrected chi connectivity index (χ1v) is 20.1. The Kier molecular flexibility index (Phi) is 9.83. The summed E-state index contributed by atoms with van der Waals surface area (Å²) in [5.41, 5.74) is 5.95. The zero-order valence-electron chi connectivity index (χ0n) is 32.3. The first kappa shape index (κ1) is 36.4. The van der Waals surface area contributed by atoms with Crippen LogP contribution in [0.5, 0.6) is 0 Å². The summed E-state index contributed by atoms with van der Waals surface area (Å²) in [4.78, 5) is 42.6. The van der Waals surface area contributed by atoms with Crippen molar-refractivity contribution in [2.45, 2.75) is 76.8 Å². The van der Waals surface area contributed by atoms with Crippen LogP contribution in [-0.2, 0) is 4.79 Å². The van der Waals surface area contributed by atoms with Gasteiger partial charge >= 0.3 is 6.03 Å². The summed E-state index contributed by atoms with van der Waals surface area (Å²) in [6.07, 6.45) is 18.1. The molecule has 3 amide bonds. The number of imide groups is 1.